The first kappa shape index (κ1) is 22.5. The van der Waals surface area contributed by atoms with Gasteiger partial charge in [0, 0.05) is 0 Å². The van der Waals surface area contributed by atoms with Crippen LogP contribution in [0.5, 0.6) is 0 Å². The third-order valence-electron chi connectivity index (χ3n) is 6.65. The zero-order valence-electron chi connectivity index (χ0n) is 18.9. The van der Waals surface area contributed by atoms with E-state index in [0.29, 0.717) is 18.6 Å². The van der Waals surface area contributed by atoms with Crippen molar-refractivity contribution in [1.82, 2.24) is 0 Å². The van der Waals surface area contributed by atoms with Crippen LogP contribution >= 0.6 is 0 Å². The second kappa shape index (κ2) is 11.2. The van der Waals surface area contributed by atoms with Gasteiger partial charge in [-0.3, -0.25) is 0 Å². The van der Waals surface area contributed by atoms with E-state index >= 15 is 0 Å². The molecule has 0 radical (unpaired) electrons. The summed E-state index contributed by atoms with van der Waals surface area (Å²) in [6.45, 7) is 3.04. The molecule has 0 amide bonds. The Labute approximate surface area is 192 Å². The lowest BCUT2D eigenvalue weighted by Gasteiger charge is -2.30. The van der Waals surface area contributed by atoms with Gasteiger partial charge in [-0.05, 0) is 78.3 Å². The van der Waals surface area contributed by atoms with Crippen LogP contribution in [0, 0.1) is 11.7 Å². The number of rotatable bonds is 8. The van der Waals surface area contributed by atoms with E-state index in [4.69, 9.17) is 4.74 Å². The van der Waals surface area contributed by atoms with Crippen molar-refractivity contribution in [1.29, 1.82) is 0 Å². The van der Waals surface area contributed by atoms with Crippen molar-refractivity contribution >= 4 is 12.2 Å². The second-order valence-electron chi connectivity index (χ2n) is 9.13. The van der Waals surface area contributed by atoms with Gasteiger partial charge >= 0.3 is 0 Å². The summed E-state index contributed by atoms with van der Waals surface area (Å²) < 4.78 is 19.2. The molecule has 166 valence electrons. The molecule has 2 heteroatoms. The van der Waals surface area contributed by atoms with Gasteiger partial charge in [0.1, 0.15) is 5.82 Å². The molecule has 1 nitrogen and oxygen atoms in total. The van der Waals surface area contributed by atoms with Crippen molar-refractivity contribution in [2.45, 2.75) is 57.7 Å². The Hall–Kier alpha value is -2.71. The van der Waals surface area contributed by atoms with E-state index in [2.05, 4.69) is 67.6 Å². The summed E-state index contributed by atoms with van der Waals surface area (Å²) in [5, 5.41) is 0. The molecule has 32 heavy (non-hydrogen) atoms. The number of ether oxygens (including phenoxy) is 1. The number of hydrogen-bond donors (Lipinski definition) is 0. The molecule has 0 aromatic heterocycles. The van der Waals surface area contributed by atoms with Gasteiger partial charge in [-0.25, -0.2) is 4.39 Å². The number of halogens is 1. The highest BCUT2D eigenvalue weighted by Gasteiger charge is 2.23. The lowest BCUT2D eigenvalue weighted by Crippen LogP contribution is -2.22. The summed E-state index contributed by atoms with van der Waals surface area (Å²) in [6.07, 6.45) is 10.6. The van der Waals surface area contributed by atoms with Crippen LogP contribution < -0.4 is 0 Å². The molecule has 0 heterocycles. The van der Waals surface area contributed by atoms with Crippen molar-refractivity contribution in [3.63, 3.8) is 0 Å². The standard InChI is InChI=1S/C30H33FO/c1-23(28-5-3-2-4-6-28)21-26-15-19-30(20-16-26)32-22-27-11-9-24(10-12-27)7-8-25-13-17-29(31)18-14-25/h2-14,17-18,23,26,30H,15-16,19-22H2,1H3/t23-,26?,30?/m1/s1. The lowest BCUT2D eigenvalue weighted by atomic mass is 9.80. The van der Waals surface area contributed by atoms with Gasteiger partial charge in [-0.15, -0.1) is 0 Å². The normalized spacial score (nSPS) is 19.8. The molecular formula is C30H33FO. The molecule has 3 aromatic carbocycles. The van der Waals surface area contributed by atoms with Crippen molar-refractivity contribution in [2.24, 2.45) is 5.92 Å². The fourth-order valence-electron chi connectivity index (χ4n) is 4.66. The predicted octanol–water partition coefficient (Wildman–Crippen LogP) is 8.27. The predicted molar refractivity (Wildman–Crippen MR) is 132 cm³/mol. The SMILES string of the molecule is C[C@H](CC1CCC(OCc2ccc(C=Cc3ccc(F)cc3)cc2)CC1)c1ccccc1. The third kappa shape index (κ3) is 6.64. The Morgan fingerprint density at radius 2 is 1.41 bits per heavy atom. The Bertz CT molecular complexity index is 968. The van der Waals surface area contributed by atoms with Crippen molar-refractivity contribution in [3.8, 4) is 0 Å². The summed E-state index contributed by atoms with van der Waals surface area (Å²) in [6, 6.07) is 25.9. The van der Waals surface area contributed by atoms with Crippen molar-refractivity contribution in [3.05, 3.63) is 107 Å². The molecule has 4 rings (SSSR count). The van der Waals surface area contributed by atoms with Crippen LogP contribution in [-0.2, 0) is 11.3 Å². The summed E-state index contributed by atoms with van der Waals surface area (Å²) in [7, 11) is 0. The van der Waals surface area contributed by atoms with E-state index in [0.717, 1.165) is 17.0 Å². The van der Waals surface area contributed by atoms with Crippen molar-refractivity contribution in [2.75, 3.05) is 0 Å². The van der Waals surface area contributed by atoms with E-state index in [9.17, 15) is 4.39 Å². The molecule has 1 saturated carbocycles. The Morgan fingerprint density at radius 3 is 2.03 bits per heavy atom. The van der Waals surface area contributed by atoms with Gasteiger partial charge in [-0.1, -0.05) is 85.8 Å². The van der Waals surface area contributed by atoms with Gasteiger partial charge in [0.25, 0.3) is 0 Å². The molecule has 0 saturated heterocycles. The van der Waals surface area contributed by atoms with Crippen LogP contribution in [0.15, 0.2) is 78.9 Å². The van der Waals surface area contributed by atoms with E-state index in [-0.39, 0.29) is 5.82 Å². The average molecular weight is 429 g/mol. The maximum absolute atomic E-state index is 13.0. The van der Waals surface area contributed by atoms with Crippen LogP contribution in [0.1, 0.15) is 67.2 Å². The fourth-order valence-corrected chi connectivity index (χ4v) is 4.66. The molecular weight excluding hydrogens is 395 g/mol. The lowest BCUT2D eigenvalue weighted by molar-refractivity contribution is 0.00585. The highest BCUT2D eigenvalue weighted by Crippen LogP contribution is 2.34. The number of hydrogen-bond acceptors (Lipinski definition) is 1. The molecule has 1 fully saturated rings. The monoisotopic (exact) mass is 428 g/mol. The highest BCUT2D eigenvalue weighted by atomic mass is 19.1. The smallest absolute Gasteiger partial charge is 0.123 e. The molecule has 3 aromatic rings. The van der Waals surface area contributed by atoms with Crippen LogP contribution in [0.3, 0.4) is 0 Å². The Balaban J connectivity index is 1.19. The summed E-state index contributed by atoms with van der Waals surface area (Å²) >= 11 is 0. The first-order valence-electron chi connectivity index (χ1n) is 11.8. The van der Waals surface area contributed by atoms with Crippen LogP contribution in [0.2, 0.25) is 0 Å². The minimum absolute atomic E-state index is 0.207. The van der Waals surface area contributed by atoms with Gasteiger partial charge < -0.3 is 4.74 Å². The zero-order valence-corrected chi connectivity index (χ0v) is 18.9. The molecule has 0 N–H and O–H groups in total. The molecule has 0 aliphatic heterocycles. The maximum Gasteiger partial charge on any atom is 0.123 e. The first-order valence-corrected chi connectivity index (χ1v) is 11.8. The minimum Gasteiger partial charge on any atom is -0.374 e. The highest BCUT2D eigenvalue weighted by molar-refractivity contribution is 5.69. The second-order valence-corrected chi connectivity index (χ2v) is 9.13. The molecule has 1 aliphatic carbocycles. The van der Waals surface area contributed by atoms with Gasteiger partial charge in [0.05, 0.1) is 12.7 Å². The van der Waals surface area contributed by atoms with E-state index < -0.39 is 0 Å². The third-order valence-corrected chi connectivity index (χ3v) is 6.65. The van der Waals surface area contributed by atoms with Crippen LogP contribution in [0.25, 0.3) is 12.2 Å². The van der Waals surface area contributed by atoms with Crippen LogP contribution in [-0.4, -0.2) is 6.10 Å². The quantitative estimate of drug-likeness (QED) is 0.328. The van der Waals surface area contributed by atoms with Gasteiger partial charge in [0.15, 0.2) is 0 Å². The molecule has 0 unspecified atom stereocenters. The fraction of sp³-hybridized carbons (Fsp3) is 0.333. The topological polar surface area (TPSA) is 9.23 Å². The minimum atomic E-state index is -0.207. The Morgan fingerprint density at radius 1 is 0.812 bits per heavy atom. The zero-order chi connectivity index (χ0) is 22.2. The van der Waals surface area contributed by atoms with Gasteiger partial charge in [-0.2, -0.15) is 0 Å². The molecule has 0 spiro atoms. The van der Waals surface area contributed by atoms with E-state index in [1.165, 1.54) is 55.4 Å². The average Bonchev–Trinajstić information content (AvgIpc) is 2.84. The van der Waals surface area contributed by atoms with Crippen LogP contribution in [0.4, 0.5) is 4.39 Å². The maximum atomic E-state index is 13.0. The van der Waals surface area contributed by atoms with Gasteiger partial charge in [0.2, 0.25) is 0 Å². The Kier molecular flexibility index (Phi) is 7.90. The summed E-state index contributed by atoms with van der Waals surface area (Å²) in [5.74, 6) is 1.24. The molecule has 1 atom stereocenters. The van der Waals surface area contributed by atoms with Crippen molar-refractivity contribution < 1.29 is 9.13 Å². The largest absolute Gasteiger partial charge is 0.374 e. The number of benzene rings is 3. The van der Waals surface area contributed by atoms with E-state index in [1.54, 1.807) is 12.1 Å². The molecule has 0 bridgehead atoms. The molecule has 1 aliphatic rings. The summed E-state index contributed by atoms with van der Waals surface area (Å²) in [5.41, 5.74) is 4.80. The first-order chi connectivity index (χ1) is 15.7. The van der Waals surface area contributed by atoms with E-state index in [1.807, 2.05) is 6.08 Å². The summed E-state index contributed by atoms with van der Waals surface area (Å²) in [4.78, 5) is 0.